The van der Waals surface area contributed by atoms with Crippen molar-refractivity contribution in [3.63, 3.8) is 0 Å². The SMILES string of the molecule is CCOC(=O)Cn1nc(-c2ccc(F)cc2)c(Br)c1CO. The van der Waals surface area contributed by atoms with Crippen molar-refractivity contribution < 1.29 is 19.0 Å². The topological polar surface area (TPSA) is 64.4 Å². The monoisotopic (exact) mass is 356 g/mol. The predicted molar refractivity (Wildman–Crippen MR) is 77.9 cm³/mol. The van der Waals surface area contributed by atoms with Crippen LogP contribution < -0.4 is 0 Å². The molecule has 0 fully saturated rings. The number of nitrogens with zero attached hydrogens (tertiary/aromatic N) is 2. The summed E-state index contributed by atoms with van der Waals surface area (Å²) in [5.41, 5.74) is 1.67. The minimum absolute atomic E-state index is 0.0937. The van der Waals surface area contributed by atoms with Gasteiger partial charge in [-0.1, -0.05) is 0 Å². The lowest BCUT2D eigenvalue weighted by atomic mass is 10.1. The van der Waals surface area contributed by atoms with E-state index in [1.165, 1.54) is 16.8 Å². The van der Waals surface area contributed by atoms with Gasteiger partial charge in [-0.3, -0.25) is 9.48 Å². The van der Waals surface area contributed by atoms with Gasteiger partial charge in [0.15, 0.2) is 0 Å². The zero-order chi connectivity index (χ0) is 15.4. The van der Waals surface area contributed by atoms with E-state index < -0.39 is 5.97 Å². The summed E-state index contributed by atoms with van der Waals surface area (Å²) in [6.45, 7) is 1.62. The van der Waals surface area contributed by atoms with Crippen molar-refractivity contribution in [1.82, 2.24) is 9.78 Å². The molecule has 0 amide bonds. The Bertz CT molecular complexity index is 640. The zero-order valence-corrected chi connectivity index (χ0v) is 12.9. The Morgan fingerprint density at radius 1 is 1.43 bits per heavy atom. The first kappa shape index (κ1) is 15.7. The van der Waals surface area contributed by atoms with Crippen LogP contribution in [0.1, 0.15) is 12.6 Å². The largest absolute Gasteiger partial charge is 0.465 e. The van der Waals surface area contributed by atoms with Crippen molar-refractivity contribution in [3.05, 3.63) is 40.2 Å². The third-order valence-electron chi connectivity index (χ3n) is 2.85. The molecule has 2 aromatic rings. The summed E-state index contributed by atoms with van der Waals surface area (Å²) in [5, 5.41) is 13.7. The van der Waals surface area contributed by atoms with Crippen molar-refractivity contribution in [3.8, 4) is 11.3 Å². The normalized spacial score (nSPS) is 10.7. The van der Waals surface area contributed by atoms with Crippen LogP contribution in [-0.2, 0) is 22.7 Å². The fraction of sp³-hybridized carbons (Fsp3) is 0.286. The Hall–Kier alpha value is -1.73. The summed E-state index contributed by atoms with van der Waals surface area (Å²) >= 11 is 3.36. The molecule has 2 rings (SSSR count). The molecular formula is C14H14BrFN2O3. The van der Waals surface area contributed by atoms with Crippen molar-refractivity contribution in [2.75, 3.05) is 6.61 Å². The standard InChI is InChI=1S/C14H14BrFN2O3/c1-2-21-12(20)7-18-11(8-19)13(15)14(17-18)9-3-5-10(16)6-4-9/h3-6,19H,2,7-8H2,1H3. The maximum absolute atomic E-state index is 13.0. The lowest BCUT2D eigenvalue weighted by Gasteiger charge is -2.04. The average molecular weight is 357 g/mol. The molecule has 1 N–H and O–H groups in total. The van der Waals surface area contributed by atoms with Crippen LogP contribution in [0.3, 0.4) is 0 Å². The van der Waals surface area contributed by atoms with Gasteiger partial charge in [0.2, 0.25) is 0 Å². The van der Waals surface area contributed by atoms with E-state index in [-0.39, 0.29) is 25.6 Å². The quantitative estimate of drug-likeness (QED) is 0.836. The highest BCUT2D eigenvalue weighted by atomic mass is 79.9. The Labute approximate surface area is 129 Å². The smallest absolute Gasteiger partial charge is 0.327 e. The van der Waals surface area contributed by atoms with Crippen LogP contribution in [0, 0.1) is 5.82 Å². The Kier molecular flexibility index (Phi) is 5.08. The summed E-state index contributed by atoms with van der Waals surface area (Å²) in [4.78, 5) is 11.6. The van der Waals surface area contributed by atoms with E-state index >= 15 is 0 Å². The van der Waals surface area contributed by atoms with Gasteiger partial charge in [-0.15, -0.1) is 0 Å². The molecule has 112 valence electrons. The summed E-state index contributed by atoms with van der Waals surface area (Å²) < 4.78 is 19.8. The number of hydrogen-bond acceptors (Lipinski definition) is 4. The van der Waals surface area contributed by atoms with Crippen LogP contribution in [0.2, 0.25) is 0 Å². The molecule has 7 heteroatoms. The van der Waals surface area contributed by atoms with E-state index in [4.69, 9.17) is 4.74 Å². The molecule has 0 bridgehead atoms. The van der Waals surface area contributed by atoms with E-state index in [0.717, 1.165) is 0 Å². The molecule has 1 aromatic heterocycles. The highest BCUT2D eigenvalue weighted by molar-refractivity contribution is 9.10. The van der Waals surface area contributed by atoms with E-state index in [1.807, 2.05) is 0 Å². The fourth-order valence-electron chi connectivity index (χ4n) is 1.88. The molecule has 0 aliphatic heterocycles. The molecule has 1 heterocycles. The van der Waals surface area contributed by atoms with E-state index in [0.29, 0.717) is 21.4 Å². The molecule has 0 unspecified atom stereocenters. The Morgan fingerprint density at radius 3 is 2.67 bits per heavy atom. The number of aliphatic hydroxyl groups is 1. The van der Waals surface area contributed by atoms with Gasteiger partial charge in [-0.25, -0.2) is 4.39 Å². The molecule has 0 saturated heterocycles. The molecule has 21 heavy (non-hydrogen) atoms. The van der Waals surface area contributed by atoms with Gasteiger partial charge >= 0.3 is 5.97 Å². The predicted octanol–water partition coefficient (Wildman–Crippen LogP) is 2.51. The van der Waals surface area contributed by atoms with Crippen molar-refractivity contribution in [1.29, 1.82) is 0 Å². The van der Waals surface area contributed by atoms with Crippen LogP contribution in [-0.4, -0.2) is 27.5 Å². The highest BCUT2D eigenvalue weighted by Crippen LogP contribution is 2.30. The number of rotatable bonds is 5. The summed E-state index contributed by atoms with van der Waals surface area (Å²) in [7, 11) is 0. The molecular weight excluding hydrogens is 343 g/mol. The van der Waals surface area contributed by atoms with E-state index in [9.17, 15) is 14.3 Å². The van der Waals surface area contributed by atoms with Gasteiger partial charge in [-0.2, -0.15) is 5.10 Å². The maximum Gasteiger partial charge on any atom is 0.327 e. The van der Waals surface area contributed by atoms with Crippen LogP contribution in [0.4, 0.5) is 4.39 Å². The number of aliphatic hydroxyl groups excluding tert-OH is 1. The second-order valence-electron chi connectivity index (χ2n) is 4.24. The van der Waals surface area contributed by atoms with E-state index in [2.05, 4.69) is 21.0 Å². The molecule has 0 radical (unpaired) electrons. The first-order chi connectivity index (χ1) is 10.1. The third-order valence-corrected chi connectivity index (χ3v) is 3.68. The summed E-state index contributed by atoms with van der Waals surface area (Å²) in [6.07, 6.45) is 0. The van der Waals surface area contributed by atoms with Crippen LogP contribution in [0.15, 0.2) is 28.7 Å². The van der Waals surface area contributed by atoms with Gasteiger partial charge in [0.25, 0.3) is 0 Å². The number of carbonyl (C=O) groups excluding carboxylic acids is 1. The van der Waals surface area contributed by atoms with Gasteiger partial charge in [0, 0.05) is 5.56 Å². The maximum atomic E-state index is 13.0. The minimum Gasteiger partial charge on any atom is -0.465 e. The first-order valence-electron chi connectivity index (χ1n) is 6.34. The third kappa shape index (κ3) is 3.48. The van der Waals surface area contributed by atoms with Gasteiger partial charge in [0.05, 0.1) is 23.4 Å². The van der Waals surface area contributed by atoms with Crippen LogP contribution in [0.25, 0.3) is 11.3 Å². The molecule has 0 spiro atoms. The highest BCUT2D eigenvalue weighted by Gasteiger charge is 2.18. The first-order valence-corrected chi connectivity index (χ1v) is 7.13. The second kappa shape index (κ2) is 6.82. The molecule has 1 aromatic carbocycles. The van der Waals surface area contributed by atoms with Crippen molar-refractivity contribution >= 4 is 21.9 Å². The number of aromatic nitrogens is 2. The summed E-state index contributed by atoms with van der Waals surface area (Å²) in [5.74, 6) is -0.781. The number of esters is 1. The molecule has 0 saturated carbocycles. The Morgan fingerprint density at radius 2 is 2.10 bits per heavy atom. The lowest BCUT2D eigenvalue weighted by molar-refractivity contribution is -0.144. The molecule has 0 aliphatic carbocycles. The number of halogens is 2. The molecule has 0 aliphatic rings. The van der Waals surface area contributed by atoms with Gasteiger partial charge in [-0.05, 0) is 47.1 Å². The minimum atomic E-state index is -0.437. The van der Waals surface area contributed by atoms with E-state index in [1.54, 1.807) is 19.1 Å². The van der Waals surface area contributed by atoms with Crippen LogP contribution >= 0.6 is 15.9 Å². The molecule has 5 nitrogen and oxygen atoms in total. The fourth-order valence-corrected chi connectivity index (χ4v) is 2.52. The zero-order valence-electron chi connectivity index (χ0n) is 11.3. The molecule has 0 atom stereocenters. The lowest BCUT2D eigenvalue weighted by Crippen LogP contribution is -2.16. The van der Waals surface area contributed by atoms with Crippen molar-refractivity contribution in [2.24, 2.45) is 0 Å². The van der Waals surface area contributed by atoms with Crippen molar-refractivity contribution in [2.45, 2.75) is 20.1 Å². The van der Waals surface area contributed by atoms with Gasteiger partial charge < -0.3 is 9.84 Å². The van der Waals surface area contributed by atoms with Gasteiger partial charge in [0.1, 0.15) is 18.1 Å². The number of carbonyl (C=O) groups is 1. The number of ether oxygens (including phenoxy) is 1. The Balaban J connectivity index is 2.37. The second-order valence-corrected chi connectivity index (χ2v) is 5.03. The number of hydrogen-bond donors (Lipinski definition) is 1. The van der Waals surface area contributed by atoms with Crippen LogP contribution in [0.5, 0.6) is 0 Å². The average Bonchev–Trinajstić information content (AvgIpc) is 2.76. The summed E-state index contributed by atoms with van der Waals surface area (Å²) in [6, 6.07) is 5.81. The number of benzene rings is 1.